The van der Waals surface area contributed by atoms with Gasteiger partial charge in [0.05, 0.1) is 12.2 Å². The normalized spacial score (nSPS) is 36.0. The van der Waals surface area contributed by atoms with E-state index in [-0.39, 0.29) is 35.0 Å². The lowest BCUT2D eigenvalue weighted by Crippen LogP contribution is -2.54. The maximum absolute atomic E-state index is 13.2. The molecule has 1 aromatic rings. The summed E-state index contributed by atoms with van der Waals surface area (Å²) in [6.45, 7) is 6.55. The lowest BCUT2D eigenvalue weighted by Gasteiger charge is -2.60. The number of halogens is 3. The third-order valence-electron chi connectivity index (χ3n) is 9.46. The Morgan fingerprint density at radius 3 is 2.63 bits per heavy atom. The Balaban J connectivity index is 1.53. The van der Waals surface area contributed by atoms with Gasteiger partial charge in [-0.25, -0.2) is 13.2 Å². The smallest absolute Gasteiger partial charge is 0.271 e. The maximum Gasteiger partial charge on any atom is 0.271 e. The minimum atomic E-state index is -3.16. The molecule has 2 saturated carbocycles. The standard InChI is InChI=1S/C29H39F3O3/c1-3-29-15-14-18-16-20(33)10-11-21(18)25(29)19(17-28(2)23(29)12-13-24(28)35)8-6-4-5-7-9-22(34)26(30)27(31)32/h3-5,10-11,16,19,22-27,33-35H,1,6-9,12-15,17H2,2H3/b5-4+/t19-,22?,23+,24-,25+,26?,28-,29-/m0/s1. The van der Waals surface area contributed by atoms with Gasteiger partial charge in [-0.15, -0.1) is 6.58 Å². The molecule has 3 nitrogen and oxygen atoms in total. The first-order valence-electron chi connectivity index (χ1n) is 13.0. The largest absolute Gasteiger partial charge is 0.508 e. The van der Waals surface area contributed by atoms with E-state index in [9.17, 15) is 28.5 Å². The molecule has 35 heavy (non-hydrogen) atoms. The number of phenols is 1. The summed E-state index contributed by atoms with van der Waals surface area (Å²) in [5, 5.41) is 30.6. The summed E-state index contributed by atoms with van der Waals surface area (Å²) in [4.78, 5) is 0. The van der Waals surface area contributed by atoms with Crippen LogP contribution >= 0.6 is 0 Å². The highest BCUT2D eigenvalue weighted by atomic mass is 19.3. The second kappa shape index (κ2) is 10.3. The third-order valence-corrected chi connectivity index (χ3v) is 9.46. The van der Waals surface area contributed by atoms with E-state index >= 15 is 0 Å². The Bertz CT molecular complexity index is 934. The van der Waals surface area contributed by atoms with Crippen LogP contribution in [0.1, 0.15) is 75.3 Å². The van der Waals surface area contributed by atoms with Crippen molar-refractivity contribution >= 4 is 0 Å². The molecule has 0 saturated heterocycles. The zero-order chi connectivity index (χ0) is 25.4. The van der Waals surface area contributed by atoms with Crippen molar-refractivity contribution in [1.82, 2.24) is 0 Å². The highest BCUT2D eigenvalue weighted by Crippen LogP contribution is 2.69. The van der Waals surface area contributed by atoms with Crippen LogP contribution < -0.4 is 0 Å². The van der Waals surface area contributed by atoms with E-state index in [1.54, 1.807) is 6.07 Å². The predicted octanol–water partition coefficient (Wildman–Crippen LogP) is 6.47. The lowest BCUT2D eigenvalue weighted by molar-refractivity contribution is -0.0806. The van der Waals surface area contributed by atoms with Crippen molar-refractivity contribution in [3.8, 4) is 5.75 Å². The quantitative estimate of drug-likeness (QED) is 0.346. The fourth-order valence-corrected chi connectivity index (χ4v) is 7.83. The Morgan fingerprint density at radius 1 is 1.17 bits per heavy atom. The number of fused-ring (bicyclic) bond motifs is 5. The van der Waals surface area contributed by atoms with Crippen LogP contribution in [0.15, 0.2) is 43.0 Å². The Hall–Kier alpha value is -1.79. The summed E-state index contributed by atoms with van der Waals surface area (Å²) in [7, 11) is 0. The SMILES string of the molecule is C=C[C@@]12CCc3cc(O)ccc3[C@H]1[C@@H](CC/C=C/CCC(O)C(F)C(F)F)C[C@@]1(C)[C@H]2CC[C@@H]1O. The molecule has 2 fully saturated rings. The van der Waals surface area contributed by atoms with Crippen LogP contribution in [0.25, 0.3) is 0 Å². The van der Waals surface area contributed by atoms with Crippen molar-refractivity contribution < 1.29 is 28.5 Å². The molecule has 1 aromatic carbocycles. The fourth-order valence-electron chi connectivity index (χ4n) is 7.83. The van der Waals surface area contributed by atoms with Crippen molar-refractivity contribution in [2.45, 2.75) is 95.4 Å². The average molecular weight is 493 g/mol. The van der Waals surface area contributed by atoms with Gasteiger partial charge in [-0.2, -0.15) is 0 Å². The number of aliphatic hydroxyl groups is 2. The summed E-state index contributed by atoms with van der Waals surface area (Å²) in [5.41, 5.74) is 2.22. The first-order chi connectivity index (χ1) is 16.6. The lowest BCUT2D eigenvalue weighted by atomic mass is 9.44. The van der Waals surface area contributed by atoms with Crippen LogP contribution in [-0.4, -0.2) is 40.1 Å². The molecule has 0 bridgehead atoms. The second-order valence-corrected chi connectivity index (χ2v) is 11.3. The number of aryl methyl sites for hydroxylation is 1. The average Bonchev–Trinajstić information content (AvgIpc) is 3.14. The summed E-state index contributed by atoms with van der Waals surface area (Å²) < 4.78 is 38.0. The number of aliphatic hydroxyl groups excluding tert-OH is 2. The highest BCUT2D eigenvalue weighted by molar-refractivity contribution is 5.43. The number of allylic oxidation sites excluding steroid dienone is 3. The number of hydrogen-bond acceptors (Lipinski definition) is 3. The summed E-state index contributed by atoms with van der Waals surface area (Å²) in [6, 6.07) is 5.73. The molecule has 0 spiro atoms. The minimum Gasteiger partial charge on any atom is -0.508 e. The van der Waals surface area contributed by atoms with Crippen molar-refractivity contribution in [3.05, 3.63) is 54.1 Å². The summed E-state index contributed by atoms with van der Waals surface area (Å²) in [6.07, 6.45) is 4.93. The zero-order valence-corrected chi connectivity index (χ0v) is 20.6. The van der Waals surface area contributed by atoms with Gasteiger partial charge in [-0.05, 0) is 110 Å². The molecule has 0 radical (unpaired) electrons. The van der Waals surface area contributed by atoms with E-state index < -0.39 is 18.7 Å². The molecule has 0 heterocycles. The van der Waals surface area contributed by atoms with E-state index in [2.05, 4.69) is 25.6 Å². The van der Waals surface area contributed by atoms with Crippen molar-refractivity contribution in [1.29, 1.82) is 0 Å². The zero-order valence-electron chi connectivity index (χ0n) is 20.6. The van der Waals surface area contributed by atoms with Gasteiger partial charge in [0.1, 0.15) is 5.75 Å². The number of phenolic OH excluding ortho intramolecular Hbond substituents is 1. The molecule has 6 heteroatoms. The van der Waals surface area contributed by atoms with E-state index in [1.807, 2.05) is 18.2 Å². The third kappa shape index (κ3) is 4.69. The van der Waals surface area contributed by atoms with E-state index in [0.717, 1.165) is 44.9 Å². The molecule has 194 valence electrons. The first kappa shape index (κ1) is 26.3. The molecule has 3 N–H and O–H groups in total. The topological polar surface area (TPSA) is 60.7 Å². The minimum absolute atomic E-state index is 0.0313. The number of aromatic hydroxyl groups is 1. The van der Waals surface area contributed by atoms with Crippen LogP contribution in [0.5, 0.6) is 5.75 Å². The number of rotatable bonds is 9. The Kier molecular flexibility index (Phi) is 7.73. The highest BCUT2D eigenvalue weighted by Gasteiger charge is 2.63. The van der Waals surface area contributed by atoms with Gasteiger partial charge in [0.2, 0.25) is 0 Å². The maximum atomic E-state index is 13.2. The van der Waals surface area contributed by atoms with Crippen LogP contribution in [0.4, 0.5) is 13.2 Å². The van der Waals surface area contributed by atoms with Gasteiger partial charge in [-0.3, -0.25) is 0 Å². The molecular formula is C29H39F3O3. The van der Waals surface area contributed by atoms with Gasteiger partial charge in [-0.1, -0.05) is 31.2 Å². The molecular weight excluding hydrogens is 453 g/mol. The molecule has 0 amide bonds. The van der Waals surface area contributed by atoms with Gasteiger partial charge in [0.25, 0.3) is 6.43 Å². The molecule has 3 aliphatic carbocycles. The fraction of sp³-hybridized carbons (Fsp3) is 0.655. The predicted molar refractivity (Wildman–Crippen MR) is 131 cm³/mol. The van der Waals surface area contributed by atoms with Gasteiger partial charge in [0.15, 0.2) is 6.17 Å². The van der Waals surface area contributed by atoms with Crippen molar-refractivity contribution in [2.75, 3.05) is 0 Å². The molecule has 0 aromatic heterocycles. The van der Waals surface area contributed by atoms with Gasteiger partial charge < -0.3 is 15.3 Å². The number of alkyl halides is 3. The van der Waals surface area contributed by atoms with E-state index in [4.69, 9.17) is 0 Å². The van der Waals surface area contributed by atoms with Crippen LogP contribution in [0.3, 0.4) is 0 Å². The van der Waals surface area contributed by atoms with Gasteiger partial charge in [0, 0.05) is 0 Å². The summed E-state index contributed by atoms with van der Waals surface area (Å²) in [5.74, 6) is 1.23. The second-order valence-electron chi connectivity index (χ2n) is 11.3. The van der Waals surface area contributed by atoms with Crippen molar-refractivity contribution in [2.24, 2.45) is 22.7 Å². The Labute approximate surface area is 206 Å². The molecule has 2 unspecified atom stereocenters. The van der Waals surface area contributed by atoms with Crippen LogP contribution in [0, 0.1) is 22.7 Å². The van der Waals surface area contributed by atoms with Crippen LogP contribution in [0.2, 0.25) is 0 Å². The molecule has 3 aliphatic rings. The molecule has 4 rings (SSSR count). The molecule has 0 aliphatic heterocycles. The summed E-state index contributed by atoms with van der Waals surface area (Å²) >= 11 is 0. The Morgan fingerprint density at radius 2 is 1.91 bits per heavy atom. The molecule has 8 atom stereocenters. The van der Waals surface area contributed by atoms with E-state index in [0.29, 0.717) is 18.3 Å². The monoisotopic (exact) mass is 492 g/mol. The van der Waals surface area contributed by atoms with Crippen molar-refractivity contribution in [3.63, 3.8) is 0 Å². The first-order valence-corrected chi connectivity index (χ1v) is 13.0. The number of benzene rings is 1. The van der Waals surface area contributed by atoms with E-state index in [1.165, 1.54) is 11.1 Å². The number of hydrogen-bond donors (Lipinski definition) is 3. The van der Waals surface area contributed by atoms with Gasteiger partial charge >= 0.3 is 0 Å². The van der Waals surface area contributed by atoms with Crippen LogP contribution in [-0.2, 0) is 6.42 Å².